The summed E-state index contributed by atoms with van der Waals surface area (Å²) in [6, 6.07) is 16.4. The standard InChI is InChI=1S/C20H14N4.2H2O.Sn/c1-2-14-10-16-5-6-18(23-16)12-20-8-7-19(24-20)11-17-4-3-15(22-17)9-13(1)21-14;;;/h1-12,21,24H;2*1H2;/q;;;+2/p-2. The van der Waals surface area contributed by atoms with Gasteiger partial charge in [-0.2, -0.15) is 0 Å². The van der Waals surface area contributed by atoms with Crippen molar-refractivity contribution < 1.29 is 6.89 Å². The molecule has 3 aromatic rings. The molecule has 0 spiro atoms. The summed E-state index contributed by atoms with van der Waals surface area (Å²) in [4.78, 5) is 16.0. The Balaban J connectivity index is 0.000000565. The molecule has 2 aliphatic rings. The van der Waals surface area contributed by atoms with Crippen molar-refractivity contribution in [2.75, 3.05) is 0 Å². The van der Waals surface area contributed by atoms with Crippen LogP contribution >= 0.6 is 0 Å². The molecule has 0 aromatic carbocycles. The van der Waals surface area contributed by atoms with Gasteiger partial charge in [-0.25, -0.2) is 9.97 Å². The summed E-state index contributed by atoms with van der Waals surface area (Å²) in [6.07, 6.45) is 8.09. The van der Waals surface area contributed by atoms with E-state index in [1.807, 2.05) is 48.6 Å². The van der Waals surface area contributed by atoms with Crippen LogP contribution in [0.5, 0.6) is 0 Å². The zero-order valence-corrected chi connectivity index (χ0v) is 17.1. The summed E-state index contributed by atoms with van der Waals surface area (Å²) in [7, 11) is 0. The van der Waals surface area contributed by atoms with E-state index in [1.165, 1.54) is 0 Å². The number of nitrogens with zero attached hydrogens (tertiary/aromatic N) is 2. The maximum absolute atomic E-state index is 7.30. The molecule has 5 rings (SSSR count). The molecule has 27 heavy (non-hydrogen) atoms. The van der Waals surface area contributed by atoms with Gasteiger partial charge >= 0.3 is 28.9 Å². The van der Waals surface area contributed by atoms with E-state index in [9.17, 15) is 0 Å². The number of rotatable bonds is 0. The van der Waals surface area contributed by atoms with Crippen molar-refractivity contribution in [3.8, 4) is 0 Å². The predicted octanol–water partition coefficient (Wildman–Crippen LogP) is 3.16. The molecule has 0 saturated carbocycles. The topological polar surface area (TPSA) is 97.8 Å². The van der Waals surface area contributed by atoms with Gasteiger partial charge in [0.2, 0.25) is 0 Å². The van der Waals surface area contributed by atoms with Gasteiger partial charge in [-0.05, 0) is 72.8 Å². The van der Waals surface area contributed by atoms with E-state index in [-0.39, 0.29) is 0 Å². The molecule has 0 amide bonds. The maximum atomic E-state index is 7.30. The molecule has 4 N–H and O–H groups in total. The van der Waals surface area contributed by atoms with Crippen LogP contribution in [0.4, 0.5) is 0 Å². The fraction of sp³-hybridized carbons (Fsp3) is 0. The van der Waals surface area contributed by atoms with Crippen LogP contribution in [0.15, 0.2) is 48.5 Å². The molecule has 3 aromatic heterocycles. The number of aromatic amines is 2. The van der Waals surface area contributed by atoms with Gasteiger partial charge in [0.25, 0.3) is 0 Å². The van der Waals surface area contributed by atoms with Crippen molar-refractivity contribution in [3.63, 3.8) is 0 Å². The van der Waals surface area contributed by atoms with Gasteiger partial charge in [0, 0.05) is 22.1 Å². The number of hydrogen-bond acceptors (Lipinski definition) is 4. The molecule has 7 heteroatoms. The van der Waals surface area contributed by atoms with E-state index in [4.69, 9.17) is 6.89 Å². The summed E-state index contributed by atoms with van der Waals surface area (Å²) >= 11 is -1.77. The molecule has 5 heterocycles. The molecule has 6 nitrogen and oxygen atoms in total. The van der Waals surface area contributed by atoms with E-state index < -0.39 is 22.0 Å². The molecule has 0 atom stereocenters. The van der Waals surface area contributed by atoms with Crippen LogP contribution in [0.1, 0.15) is 22.8 Å². The number of fused-ring (bicyclic) bond motifs is 8. The Morgan fingerprint density at radius 1 is 0.556 bits per heavy atom. The van der Waals surface area contributed by atoms with Crippen molar-refractivity contribution in [1.29, 1.82) is 0 Å². The predicted molar refractivity (Wildman–Crippen MR) is 109 cm³/mol. The second-order valence-electron chi connectivity index (χ2n) is 6.01. The van der Waals surface area contributed by atoms with E-state index in [1.54, 1.807) is 0 Å². The minimum atomic E-state index is -1.77. The van der Waals surface area contributed by atoms with Gasteiger partial charge in [-0.1, -0.05) is 0 Å². The second kappa shape index (κ2) is 7.91. The van der Waals surface area contributed by atoms with Crippen molar-refractivity contribution >= 4 is 68.3 Å². The molecular formula is C20H16N4O2Sn. The van der Waals surface area contributed by atoms with Crippen molar-refractivity contribution in [1.82, 2.24) is 19.9 Å². The monoisotopic (exact) mass is 464 g/mol. The zero-order chi connectivity index (χ0) is 18.6. The van der Waals surface area contributed by atoms with Gasteiger partial charge in [0.1, 0.15) is 0 Å². The Bertz CT molecular complexity index is 1020. The molecule has 0 unspecified atom stereocenters. The normalized spacial score (nSPS) is 11.9. The zero-order valence-electron chi connectivity index (χ0n) is 14.2. The molecular weight excluding hydrogens is 447 g/mol. The number of H-pyrrole nitrogens is 2. The van der Waals surface area contributed by atoms with Crippen LogP contribution in [-0.2, 0) is 0 Å². The van der Waals surface area contributed by atoms with Crippen LogP contribution in [0.2, 0.25) is 0 Å². The second-order valence-corrected chi connectivity index (χ2v) is 6.58. The van der Waals surface area contributed by atoms with Gasteiger partial charge in [-0.15, -0.1) is 0 Å². The minimum absolute atomic E-state index is 0.939. The summed E-state index contributed by atoms with van der Waals surface area (Å²) in [5.74, 6) is 0. The Hall–Kier alpha value is -2.68. The quantitative estimate of drug-likeness (QED) is 0.266. The molecule has 8 bridgehead atoms. The fourth-order valence-electron chi connectivity index (χ4n) is 2.94. The summed E-state index contributed by atoms with van der Waals surface area (Å²) in [5, 5.41) is 0. The molecule has 2 aliphatic heterocycles. The summed E-state index contributed by atoms with van der Waals surface area (Å²) in [6.45, 7) is 0. The first kappa shape index (κ1) is 17.7. The SMILES string of the molecule is C1=Cc2cc3ccc(cc4nc(cc5ccc(cc1n2)[nH]5)C=C4)[nH]3.[OH][Sn][OH]. The average molecular weight is 463 g/mol. The van der Waals surface area contributed by atoms with E-state index in [0.717, 1.165) is 44.8 Å². The molecule has 0 fully saturated rings. The average Bonchev–Trinajstić information content (AvgIpc) is 3.41. The molecule has 0 aliphatic carbocycles. The van der Waals surface area contributed by atoms with Crippen LogP contribution in [-0.4, -0.2) is 48.8 Å². The molecule has 2 radical (unpaired) electrons. The van der Waals surface area contributed by atoms with Crippen molar-refractivity contribution in [2.45, 2.75) is 0 Å². The van der Waals surface area contributed by atoms with Gasteiger partial charge in [0.15, 0.2) is 0 Å². The van der Waals surface area contributed by atoms with Gasteiger partial charge in [0.05, 0.1) is 22.8 Å². The molecule has 132 valence electrons. The molecule has 0 saturated heterocycles. The van der Waals surface area contributed by atoms with Crippen LogP contribution < -0.4 is 0 Å². The number of aromatic nitrogens is 4. The van der Waals surface area contributed by atoms with Crippen molar-refractivity contribution in [2.24, 2.45) is 0 Å². The first-order valence-electron chi connectivity index (χ1n) is 8.29. The van der Waals surface area contributed by atoms with Gasteiger partial charge < -0.3 is 9.97 Å². The van der Waals surface area contributed by atoms with Gasteiger partial charge in [-0.3, -0.25) is 0 Å². The van der Waals surface area contributed by atoms with E-state index in [0.29, 0.717) is 0 Å². The third-order valence-electron chi connectivity index (χ3n) is 4.04. The first-order valence-corrected chi connectivity index (χ1v) is 10.8. The fourth-order valence-corrected chi connectivity index (χ4v) is 2.94. The van der Waals surface area contributed by atoms with Crippen molar-refractivity contribution in [3.05, 3.63) is 71.3 Å². The Labute approximate surface area is 166 Å². The van der Waals surface area contributed by atoms with E-state index in [2.05, 4.69) is 44.2 Å². The summed E-state index contributed by atoms with van der Waals surface area (Å²) in [5.41, 5.74) is 7.86. The Kier molecular flexibility index (Phi) is 5.19. The number of hydrogen-bond donors (Lipinski definition) is 4. The third kappa shape index (κ3) is 4.36. The Morgan fingerprint density at radius 3 is 1.07 bits per heavy atom. The van der Waals surface area contributed by atoms with Crippen LogP contribution in [0, 0.1) is 0 Å². The van der Waals surface area contributed by atoms with E-state index >= 15 is 0 Å². The third-order valence-corrected chi connectivity index (χ3v) is 4.04. The van der Waals surface area contributed by atoms with Crippen LogP contribution in [0.25, 0.3) is 46.4 Å². The first-order chi connectivity index (χ1) is 13.2. The Morgan fingerprint density at radius 2 is 0.815 bits per heavy atom. The summed E-state index contributed by atoms with van der Waals surface area (Å²) < 4.78 is 14.6. The number of nitrogens with one attached hydrogen (secondary N) is 2. The van der Waals surface area contributed by atoms with Crippen LogP contribution in [0.3, 0.4) is 0 Å².